The minimum atomic E-state index is -0.120. The minimum Gasteiger partial charge on any atom is -0.378 e. The molecular formula is C16H22N2O3. The highest BCUT2D eigenvalue weighted by Crippen LogP contribution is 2.16. The zero-order valence-corrected chi connectivity index (χ0v) is 12.6. The van der Waals surface area contributed by atoms with Gasteiger partial charge >= 0.3 is 0 Å². The number of rotatable bonds is 4. The highest BCUT2D eigenvalue weighted by atomic mass is 16.5. The molecule has 0 unspecified atom stereocenters. The molecule has 5 nitrogen and oxygen atoms in total. The van der Waals surface area contributed by atoms with Gasteiger partial charge in [0.15, 0.2) is 0 Å². The fraction of sp³-hybridized carbons (Fsp3) is 0.500. The van der Waals surface area contributed by atoms with Crippen molar-refractivity contribution in [3.63, 3.8) is 0 Å². The summed E-state index contributed by atoms with van der Waals surface area (Å²) in [6, 6.07) is 5.92. The van der Waals surface area contributed by atoms with Gasteiger partial charge < -0.3 is 15.0 Å². The van der Waals surface area contributed by atoms with Crippen molar-refractivity contribution in [3.05, 3.63) is 29.3 Å². The van der Waals surface area contributed by atoms with Gasteiger partial charge in [-0.15, -0.1) is 0 Å². The number of nitrogens with one attached hydrogen (secondary N) is 1. The molecule has 0 bridgehead atoms. The third kappa shape index (κ3) is 4.56. The predicted octanol–water partition coefficient (Wildman–Crippen LogP) is 1.88. The third-order valence-corrected chi connectivity index (χ3v) is 3.60. The van der Waals surface area contributed by atoms with Crippen LogP contribution in [-0.4, -0.2) is 43.0 Å². The van der Waals surface area contributed by atoms with Gasteiger partial charge in [-0.25, -0.2) is 0 Å². The maximum absolute atomic E-state index is 12.0. The summed E-state index contributed by atoms with van der Waals surface area (Å²) in [6.07, 6.45) is 0.459. The average Bonchev–Trinajstić information content (AvgIpc) is 2.49. The fourth-order valence-electron chi connectivity index (χ4n) is 2.27. The van der Waals surface area contributed by atoms with Crippen molar-refractivity contribution in [1.82, 2.24) is 4.90 Å². The van der Waals surface area contributed by atoms with Crippen LogP contribution in [-0.2, 0) is 14.3 Å². The third-order valence-electron chi connectivity index (χ3n) is 3.60. The van der Waals surface area contributed by atoms with Gasteiger partial charge in [-0.3, -0.25) is 9.59 Å². The summed E-state index contributed by atoms with van der Waals surface area (Å²) in [6.45, 7) is 6.35. The summed E-state index contributed by atoms with van der Waals surface area (Å²) in [4.78, 5) is 25.7. The number of hydrogen-bond donors (Lipinski definition) is 1. The molecule has 2 rings (SSSR count). The zero-order valence-electron chi connectivity index (χ0n) is 12.6. The first kappa shape index (κ1) is 15.5. The van der Waals surface area contributed by atoms with Crippen LogP contribution >= 0.6 is 0 Å². The Balaban J connectivity index is 1.81. The van der Waals surface area contributed by atoms with Crippen LogP contribution in [0.15, 0.2) is 18.2 Å². The molecule has 0 aliphatic carbocycles. The van der Waals surface area contributed by atoms with Crippen LogP contribution in [0.1, 0.15) is 24.0 Å². The Labute approximate surface area is 125 Å². The minimum absolute atomic E-state index is 0.0226. The van der Waals surface area contributed by atoms with Gasteiger partial charge in [0.1, 0.15) is 0 Å². The number of ether oxygens (including phenoxy) is 1. The molecule has 21 heavy (non-hydrogen) atoms. The molecule has 5 heteroatoms. The Morgan fingerprint density at radius 3 is 2.62 bits per heavy atom. The molecule has 1 heterocycles. The highest BCUT2D eigenvalue weighted by molar-refractivity contribution is 5.93. The number of aryl methyl sites for hydroxylation is 2. The molecule has 0 spiro atoms. The number of benzene rings is 1. The van der Waals surface area contributed by atoms with E-state index < -0.39 is 0 Å². The summed E-state index contributed by atoms with van der Waals surface area (Å²) in [7, 11) is 0. The van der Waals surface area contributed by atoms with Crippen molar-refractivity contribution in [2.45, 2.75) is 26.7 Å². The molecule has 0 aromatic heterocycles. The first-order chi connectivity index (χ1) is 10.1. The Morgan fingerprint density at radius 1 is 1.19 bits per heavy atom. The van der Waals surface area contributed by atoms with Gasteiger partial charge in [0.05, 0.1) is 13.2 Å². The van der Waals surface area contributed by atoms with E-state index in [9.17, 15) is 9.59 Å². The number of amides is 2. The van der Waals surface area contributed by atoms with Gasteiger partial charge in [0.25, 0.3) is 0 Å². The molecular weight excluding hydrogens is 268 g/mol. The second-order valence-corrected chi connectivity index (χ2v) is 5.36. The molecule has 1 aliphatic rings. The van der Waals surface area contributed by atoms with E-state index in [0.717, 1.165) is 16.8 Å². The van der Waals surface area contributed by atoms with Crippen molar-refractivity contribution in [2.75, 3.05) is 31.6 Å². The van der Waals surface area contributed by atoms with Gasteiger partial charge in [-0.05, 0) is 31.0 Å². The van der Waals surface area contributed by atoms with E-state index in [2.05, 4.69) is 5.32 Å². The van der Waals surface area contributed by atoms with Crippen LogP contribution < -0.4 is 5.32 Å². The zero-order chi connectivity index (χ0) is 15.2. The van der Waals surface area contributed by atoms with E-state index >= 15 is 0 Å². The summed E-state index contributed by atoms with van der Waals surface area (Å²) < 4.78 is 5.21. The number of carbonyl (C=O) groups is 2. The van der Waals surface area contributed by atoms with Crippen molar-refractivity contribution >= 4 is 17.5 Å². The van der Waals surface area contributed by atoms with E-state index in [1.807, 2.05) is 32.0 Å². The molecule has 0 atom stereocenters. The van der Waals surface area contributed by atoms with Crippen LogP contribution in [0, 0.1) is 13.8 Å². The average molecular weight is 290 g/mol. The van der Waals surface area contributed by atoms with Gasteiger partial charge in [-0.2, -0.15) is 0 Å². The Morgan fingerprint density at radius 2 is 1.90 bits per heavy atom. The quantitative estimate of drug-likeness (QED) is 0.921. The monoisotopic (exact) mass is 290 g/mol. The van der Waals surface area contributed by atoms with Crippen molar-refractivity contribution in [3.8, 4) is 0 Å². The number of nitrogens with zero attached hydrogens (tertiary/aromatic N) is 1. The molecule has 1 aromatic rings. The van der Waals surface area contributed by atoms with Gasteiger partial charge in [-0.1, -0.05) is 12.1 Å². The largest absolute Gasteiger partial charge is 0.378 e. The van der Waals surface area contributed by atoms with Crippen LogP contribution in [0.5, 0.6) is 0 Å². The molecule has 1 aromatic carbocycles. The summed E-state index contributed by atoms with van der Waals surface area (Å²) in [5.74, 6) is -0.0975. The van der Waals surface area contributed by atoms with Crippen LogP contribution in [0.3, 0.4) is 0 Å². The lowest BCUT2D eigenvalue weighted by molar-refractivity contribution is -0.136. The maximum atomic E-state index is 12.0. The lowest BCUT2D eigenvalue weighted by atomic mass is 10.1. The van der Waals surface area contributed by atoms with Gasteiger partial charge in [0, 0.05) is 31.6 Å². The number of hydrogen-bond acceptors (Lipinski definition) is 3. The number of morpholine rings is 1. The van der Waals surface area contributed by atoms with E-state index in [0.29, 0.717) is 26.3 Å². The second kappa shape index (κ2) is 7.22. The van der Waals surface area contributed by atoms with Crippen LogP contribution in [0.2, 0.25) is 0 Å². The van der Waals surface area contributed by atoms with Crippen LogP contribution in [0.4, 0.5) is 5.69 Å². The second-order valence-electron chi connectivity index (χ2n) is 5.36. The summed E-state index contributed by atoms with van der Waals surface area (Å²) in [5.41, 5.74) is 2.94. The van der Waals surface area contributed by atoms with Crippen LogP contribution in [0.25, 0.3) is 0 Å². The molecule has 0 saturated carbocycles. The van der Waals surface area contributed by atoms with E-state index in [1.165, 1.54) is 0 Å². The smallest absolute Gasteiger partial charge is 0.224 e. The van der Waals surface area contributed by atoms with Crippen molar-refractivity contribution < 1.29 is 14.3 Å². The van der Waals surface area contributed by atoms with Crippen molar-refractivity contribution in [2.24, 2.45) is 0 Å². The molecule has 1 fully saturated rings. The Bertz CT molecular complexity index is 522. The molecule has 114 valence electrons. The molecule has 0 radical (unpaired) electrons. The van der Waals surface area contributed by atoms with Crippen molar-refractivity contribution in [1.29, 1.82) is 0 Å². The summed E-state index contributed by atoms with van der Waals surface area (Å²) in [5, 5.41) is 2.87. The van der Waals surface area contributed by atoms with Gasteiger partial charge in [0.2, 0.25) is 11.8 Å². The Hall–Kier alpha value is -1.88. The maximum Gasteiger partial charge on any atom is 0.224 e. The molecule has 2 amide bonds. The Kier molecular flexibility index (Phi) is 5.33. The number of carbonyl (C=O) groups excluding carboxylic acids is 2. The first-order valence-electron chi connectivity index (χ1n) is 7.29. The normalized spacial score (nSPS) is 14.9. The lowest BCUT2D eigenvalue weighted by Gasteiger charge is -2.26. The summed E-state index contributed by atoms with van der Waals surface area (Å²) >= 11 is 0. The highest BCUT2D eigenvalue weighted by Gasteiger charge is 2.17. The first-order valence-corrected chi connectivity index (χ1v) is 7.29. The van der Waals surface area contributed by atoms with E-state index in [1.54, 1.807) is 4.90 Å². The fourth-order valence-corrected chi connectivity index (χ4v) is 2.27. The predicted molar refractivity (Wildman–Crippen MR) is 81.2 cm³/mol. The standard InChI is InChI=1S/C16H22N2O3/c1-12-3-4-13(2)14(11-12)17-15(19)5-6-16(20)18-7-9-21-10-8-18/h3-4,11H,5-10H2,1-2H3,(H,17,19). The topological polar surface area (TPSA) is 58.6 Å². The van der Waals surface area contributed by atoms with E-state index in [4.69, 9.17) is 4.74 Å². The molecule has 1 N–H and O–H groups in total. The molecule has 1 saturated heterocycles. The SMILES string of the molecule is Cc1ccc(C)c(NC(=O)CCC(=O)N2CCOCC2)c1. The lowest BCUT2D eigenvalue weighted by Crippen LogP contribution is -2.40. The number of anilines is 1. The van der Waals surface area contributed by atoms with E-state index in [-0.39, 0.29) is 24.7 Å². The molecule has 1 aliphatic heterocycles.